The fourth-order valence-electron chi connectivity index (χ4n) is 3.30. The normalized spacial score (nSPS) is 10.5. The maximum absolute atomic E-state index is 13.2. The Morgan fingerprint density at radius 2 is 1.97 bits per heavy atom. The van der Waals surface area contributed by atoms with Gasteiger partial charge in [0.05, 0.1) is 41.6 Å². The minimum Gasteiger partial charge on any atom is -0.496 e. The number of non-ortho nitro benzene ring substituents is 1. The van der Waals surface area contributed by atoms with Crippen molar-refractivity contribution < 1.29 is 14.5 Å². The molecule has 0 aliphatic heterocycles. The van der Waals surface area contributed by atoms with E-state index in [1.807, 2.05) is 19.9 Å². The Labute approximate surface area is 201 Å². The number of hydrogen-bond acceptors (Lipinski definition) is 8. The van der Waals surface area contributed by atoms with Gasteiger partial charge in [0.15, 0.2) is 5.82 Å². The number of carbonyl (C=O) groups excluding carboxylic acids is 1. The molecule has 3 rings (SSSR count). The van der Waals surface area contributed by atoms with Crippen LogP contribution in [0.5, 0.6) is 5.75 Å². The van der Waals surface area contributed by atoms with Crippen LogP contribution in [-0.4, -0.2) is 33.5 Å². The number of nitro benzene ring substituents is 1. The first-order chi connectivity index (χ1) is 16.7. The molecular formula is C24H24N6O5. The van der Waals surface area contributed by atoms with Gasteiger partial charge in [0.2, 0.25) is 5.91 Å². The van der Waals surface area contributed by atoms with Crippen LogP contribution in [0.25, 0.3) is 11.3 Å². The number of amides is 1. The Morgan fingerprint density at radius 1 is 1.26 bits per heavy atom. The molecule has 0 radical (unpaired) electrons. The minimum atomic E-state index is -0.569. The van der Waals surface area contributed by atoms with E-state index in [0.29, 0.717) is 11.1 Å². The third kappa shape index (κ3) is 6.20. The highest BCUT2D eigenvalue weighted by atomic mass is 16.6. The van der Waals surface area contributed by atoms with Gasteiger partial charge in [-0.05, 0) is 37.6 Å². The monoisotopic (exact) mass is 476 g/mol. The van der Waals surface area contributed by atoms with Gasteiger partial charge in [0.1, 0.15) is 12.3 Å². The van der Waals surface area contributed by atoms with E-state index in [4.69, 9.17) is 10.00 Å². The summed E-state index contributed by atoms with van der Waals surface area (Å²) >= 11 is 0. The molecule has 0 saturated carbocycles. The zero-order chi connectivity index (χ0) is 25.5. The molecule has 1 heterocycles. The Hall–Kier alpha value is -4.72. The van der Waals surface area contributed by atoms with Crippen LogP contribution in [0, 0.1) is 21.4 Å². The summed E-state index contributed by atoms with van der Waals surface area (Å²) in [5.41, 5.74) is 1.04. The summed E-state index contributed by atoms with van der Waals surface area (Å²) in [6.45, 7) is 3.54. The van der Waals surface area contributed by atoms with Crippen molar-refractivity contribution in [3.05, 3.63) is 80.3 Å². The molecule has 1 amide bonds. The number of nitrogens with zero attached hydrogens (tertiary/aromatic N) is 4. The van der Waals surface area contributed by atoms with E-state index in [9.17, 15) is 19.7 Å². The summed E-state index contributed by atoms with van der Waals surface area (Å²) in [5.74, 6) is -0.166. The number of carbonyl (C=O) groups is 1. The number of methoxy groups -OCH3 is 1. The van der Waals surface area contributed by atoms with Gasteiger partial charge >= 0.3 is 0 Å². The van der Waals surface area contributed by atoms with Gasteiger partial charge in [-0.25, -0.2) is 4.98 Å². The largest absolute Gasteiger partial charge is 0.496 e. The van der Waals surface area contributed by atoms with Gasteiger partial charge in [-0.1, -0.05) is 12.1 Å². The summed E-state index contributed by atoms with van der Waals surface area (Å²) in [5, 5.41) is 26.0. The van der Waals surface area contributed by atoms with Crippen LogP contribution in [0.1, 0.15) is 25.0 Å². The lowest BCUT2D eigenvalue weighted by molar-refractivity contribution is -0.384. The van der Waals surface area contributed by atoms with E-state index >= 15 is 0 Å². The Morgan fingerprint density at radius 3 is 2.57 bits per heavy atom. The molecule has 2 aromatic carbocycles. The molecule has 0 fully saturated rings. The summed E-state index contributed by atoms with van der Waals surface area (Å²) in [6, 6.07) is 12.8. The Balaban J connectivity index is 1.97. The molecule has 0 saturated heterocycles. The van der Waals surface area contributed by atoms with E-state index in [2.05, 4.69) is 15.6 Å². The summed E-state index contributed by atoms with van der Waals surface area (Å²) in [4.78, 5) is 41.0. The molecule has 0 atom stereocenters. The van der Waals surface area contributed by atoms with Gasteiger partial charge in [0.25, 0.3) is 11.2 Å². The minimum absolute atomic E-state index is 0.0565. The quantitative estimate of drug-likeness (QED) is 0.353. The molecule has 1 aromatic heterocycles. The molecule has 11 nitrogen and oxygen atoms in total. The van der Waals surface area contributed by atoms with Crippen LogP contribution in [0.4, 0.5) is 11.5 Å². The maximum atomic E-state index is 13.2. The molecule has 3 aromatic rings. The molecule has 0 aliphatic rings. The van der Waals surface area contributed by atoms with Crippen molar-refractivity contribution in [2.75, 3.05) is 12.4 Å². The zero-order valence-electron chi connectivity index (χ0n) is 19.4. The van der Waals surface area contributed by atoms with Gasteiger partial charge in [-0.2, -0.15) is 5.26 Å². The lowest BCUT2D eigenvalue weighted by Crippen LogP contribution is -2.35. The standard InChI is InChI=1S/C24H24N6O5/c1-15(2)28-23-24(32)29(14-22(31)26-12-17-6-4-16(11-25)5-7-17)21(13-27-23)18-8-19(30(33)34)10-20(9-18)35-3/h4-10,13,15H,12,14H2,1-3H3,(H,26,31)(H,27,28). The first-order valence-electron chi connectivity index (χ1n) is 10.7. The average Bonchev–Trinajstić information content (AvgIpc) is 2.84. The summed E-state index contributed by atoms with van der Waals surface area (Å²) < 4.78 is 6.39. The lowest BCUT2D eigenvalue weighted by Gasteiger charge is -2.16. The van der Waals surface area contributed by atoms with Crippen molar-refractivity contribution in [3.8, 4) is 23.1 Å². The van der Waals surface area contributed by atoms with Crippen molar-refractivity contribution in [1.29, 1.82) is 5.26 Å². The molecule has 0 unspecified atom stereocenters. The van der Waals surface area contributed by atoms with Gasteiger partial charge in [0, 0.05) is 24.2 Å². The molecular weight excluding hydrogens is 452 g/mol. The number of hydrogen-bond donors (Lipinski definition) is 2. The molecule has 35 heavy (non-hydrogen) atoms. The highest BCUT2D eigenvalue weighted by Crippen LogP contribution is 2.29. The number of anilines is 1. The number of aromatic nitrogens is 2. The zero-order valence-corrected chi connectivity index (χ0v) is 19.4. The molecule has 180 valence electrons. The van der Waals surface area contributed by atoms with E-state index in [0.717, 1.165) is 5.56 Å². The van der Waals surface area contributed by atoms with Gasteiger partial charge < -0.3 is 15.4 Å². The smallest absolute Gasteiger partial charge is 0.294 e. The number of rotatable bonds is 9. The van der Waals surface area contributed by atoms with Gasteiger partial charge in [-0.15, -0.1) is 0 Å². The second-order valence-electron chi connectivity index (χ2n) is 7.94. The van der Waals surface area contributed by atoms with Gasteiger partial charge in [-0.3, -0.25) is 24.3 Å². The van der Waals surface area contributed by atoms with E-state index in [1.54, 1.807) is 24.3 Å². The summed E-state index contributed by atoms with van der Waals surface area (Å²) in [6.07, 6.45) is 1.39. The SMILES string of the molecule is COc1cc(-c2cnc(NC(C)C)c(=O)n2CC(=O)NCc2ccc(C#N)cc2)cc([N+](=O)[O-])c1. The molecule has 0 bridgehead atoms. The van der Waals surface area contributed by atoms with E-state index in [1.165, 1.54) is 36.1 Å². The predicted molar refractivity (Wildman–Crippen MR) is 129 cm³/mol. The Kier molecular flexibility index (Phi) is 7.78. The number of benzene rings is 2. The van der Waals surface area contributed by atoms with Crippen molar-refractivity contribution >= 4 is 17.4 Å². The topological polar surface area (TPSA) is 152 Å². The van der Waals surface area contributed by atoms with Crippen LogP contribution in [0.3, 0.4) is 0 Å². The average molecular weight is 476 g/mol. The summed E-state index contributed by atoms with van der Waals surface area (Å²) in [7, 11) is 1.38. The van der Waals surface area contributed by atoms with Crippen molar-refractivity contribution in [1.82, 2.24) is 14.9 Å². The number of ether oxygens (including phenoxy) is 1. The third-order valence-electron chi connectivity index (χ3n) is 4.99. The second-order valence-corrected chi connectivity index (χ2v) is 7.94. The molecule has 0 aliphatic carbocycles. The van der Waals surface area contributed by atoms with Crippen LogP contribution >= 0.6 is 0 Å². The van der Waals surface area contributed by atoms with E-state index in [-0.39, 0.29) is 42.1 Å². The number of nitro groups is 1. The lowest BCUT2D eigenvalue weighted by atomic mass is 10.1. The second kappa shape index (κ2) is 10.9. The molecule has 0 spiro atoms. The molecule has 2 N–H and O–H groups in total. The first-order valence-corrected chi connectivity index (χ1v) is 10.7. The number of nitrogens with one attached hydrogen (secondary N) is 2. The van der Waals surface area contributed by atoms with Crippen LogP contribution in [0.15, 0.2) is 53.5 Å². The van der Waals surface area contributed by atoms with Crippen molar-refractivity contribution in [2.45, 2.75) is 33.0 Å². The maximum Gasteiger partial charge on any atom is 0.294 e. The van der Waals surface area contributed by atoms with Crippen molar-refractivity contribution in [3.63, 3.8) is 0 Å². The first kappa shape index (κ1) is 24.9. The van der Waals surface area contributed by atoms with Crippen LogP contribution in [-0.2, 0) is 17.9 Å². The fraction of sp³-hybridized carbons (Fsp3) is 0.250. The highest BCUT2D eigenvalue weighted by Gasteiger charge is 2.19. The fourth-order valence-corrected chi connectivity index (χ4v) is 3.30. The van der Waals surface area contributed by atoms with Crippen LogP contribution in [0.2, 0.25) is 0 Å². The third-order valence-corrected chi connectivity index (χ3v) is 4.99. The Bertz CT molecular complexity index is 1340. The highest BCUT2D eigenvalue weighted by molar-refractivity contribution is 5.77. The van der Waals surface area contributed by atoms with Crippen LogP contribution < -0.4 is 20.9 Å². The molecule has 11 heteroatoms. The number of nitriles is 1. The van der Waals surface area contributed by atoms with E-state index < -0.39 is 16.4 Å². The predicted octanol–water partition coefficient (Wildman–Crippen LogP) is 2.84. The van der Waals surface area contributed by atoms with Crippen molar-refractivity contribution in [2.24, 2.45) is 0 Å².